The maximum atomic E-state index is 13.3. The van der Waals surface area contributed by atoms with E-state index >= 15 is 0 Å². The zero-order valence-electron chi connectivity index (χ0n) is 16.7. The summed E-state index contributed by atoms with van der Waals surface area (Å²) in [6.45, 7) is 4.02. The van der Waals surface area contributed by atoms with Crippen LogP contribution in [0.4, 0.5) is 4.39 Å². The van der Waals surface area contributed by atoms with Gasteiger partial charge in [-0.05, 0) is 36.1 Å². The average Bonchev–Trinajstić information content (AvgIpc) is 2.74. The first-order valence-electron chi connectivity index (χ1n) is 9.83. The molecule has 4 rings (SSSR count). The molecule has 1 saturated heterocycles. The molecule has 0 bridgehead atoms. The van der Waals surface area contributed by atoms with E-state index in [1.165, 1.54) is 17.5 Å². The molecule has 6 heteroatoms. The number of nitrogens with one attached hydrogen (secondary N) is 1. The minimum Gasteiger partial charge on any atom is -0.367 e. The molecule has 0 radical (unpaired) electrons. The van der Waals surface area contributed by atoms with Gasteiger partial charge < -0.3 is 15.0 Å². The number of hydrogen-bond donors (Lipinski definition) is 1. The summed E-state index contributed by atoms with van der Waals surface area (Å²) in [6.07, 6.45) is 1.74. The Hall–Kier alpha value is -2.99. The Morgan fingerprint density at radius 3 is 2.76 bits per heavy atom. The molecule has 1 N–H and O–H groups in total. The minimum atomic E-state index is -0.241. The number of morpholine rings is 1. The minimum absolute atomic E-state index is 0.0352. The van der Waals surface area contributed by atoms with Gasteiger partial charge in [-0.2, -0.15) is 0 Å². The summed E-state index contributed by atoms with van der Waals surface area (Å²) in [5, 5.41) is 5.76. The second-order valence-corrected chi connectivity index (χ2v) is 7.27. The van der Waals surface area contributed by atoms with Crippen LogP contribution in [0, 0.1) is 5.82 Å². The SMILES string of the molecule is CN=C(NCc1nccc2ccccc12)N1CC(C)OC(c2ccc(F)cc2)C1. The lowest BCUT2D eigenvalue weighted by atomic mass is 10.1. The monoisotopic (exact) mass is 392 g/mol. The van der Waals surface area contributed by atoms with Crippen molar-refractivity contribution in [2.45, 2.75) is 25.7 Å². The number of halogens is 1. The summed E-state index contributed by atoms with van der Waals surface area (Å²) < 4.78 is 19.4. The van der Waals surface area contributed by atoms with Gasteiger partial charge in [-0.1, -0.05) is 36.4 Å². The predicted molar refractivity (Wildman–Crippen MR) is 113 cm³/mol. The molecule has 2 unspecified atom stereocenters. The Morgan fingerprint density at radius 1 is 1.17 bits per heavy atom. The lowest BCUT2D eigenvalue weighted by Crippen LogP contribution is -2.50. The van der Waals surface area contributed by atoms with Crippen molar-refractivity contribution in [1.29, 1.82) is 0 Å². The quantitative estimate of drug-likeness (QED) is 0.542. The van der Waals surface area contributed by atoms with Gasteiger partial charge in [0, 0.05) is 25.2 Å². The van der Waals surface area contributed by atoms with Crippen molar-refractivity contribution < 1.29 is 9.13 Å². The maximum absolute atomic E-state index is 13.3. The fourth-order valence-corrected chi connectivity index (χ4v) is 3.80. The molecular formula is C23H25FN4O. The number of guanidine groups is 1. The maximum Gasteiger partial charge on any atom is 0.194 e. The smallest absolute Gasteiger partial charge is 0.194 e. The second kappa shape index (κ2) is 8.57. The highest BCUT2D eigenvalue weighted by Crippen LogP contribution is 2.25. The first-order chi connectivity index (χ1) is 14.1. The number of fused-ring (bicyclic) bond motifs is 1. The summed E-state index contributed by atoms with van der Waals surface area (Å²) in [7, 11) is 1.78. The third kappa shape index (κ3) is 4.38. The van der Waals surface area contributed by atoms with E-state index in [4.69, 9.17) is 4.74 Å². The van der Waals surface area contributed by atoms with E-state index in [0.717, 1.165) is 29.1 Å². The molecule has 150 valence electrons. The van der Waals surface area contributed by atoms with Gasteiger partial charge in [0.1, 0.15) is 11.9 Å². The molecule has 1 fully saturated rings. The van der Waals surface area contributed by atoms with Gasteiger partial charge in [0.05, 0.1) is 24.9 Å². The van der Waals surface area contributed by atoms with E-state index in [9.17, 15) is 4.39 Å². The molecule has 0 saturated carbocycles. The van der Waals surface area contributed by atoms with Crippen molar-refractivity contribution in [3.8, 4) is 0 Å². The van der Waals surface area contributed by atoms with E-state index in [-0.39, 0.29) is 18.0 Å². The van der Waals surface area contributed by atoms with E-state index in [1.807, 2.05) is 31.3 Å². The van der Waals surface area contributed by atoms with E-state index in [1.54, 1.807) is 19.2 Å². The molecule has 3 aromatic rings. The molecule has 1 aromatic heterocycles. The highest BCUT2D eigenvalue weighted by atomic mass is 19.1. The molecule has 2 aromatic carbocycles. The average molecular weight is 392 g/mol. The number of benzene rings is 2. The van der Waals surface area contributed by atoms with Crippen molar-refractivity contribution in [2.75, 3.05) is 20.1 Å². The van der Waals surface area contributed by atoms with E-state index < -0.39 is 0 Å². The molecule has 5 nitrogen and oxygen atoms in total. The highest BCUT2D eigenvalue weighted by molar-refractivity contribution is 5.85. The van der Waals surface area contributed by atoms with Crippen LogP contribution in [0.3, 0.4) is 0 Å². The zero-order valence-corrected chi connectivity index (χ0v) is 16.7. The van der Waals surface area contributed by atoms with Crippen molar-refractivity contribution in [1.82, 2.24) is 15.2 Å². The molecule has 0 amide bonds. The molecule has 0 spiro atoms. The van der Waals surface area contributed by atoms with Crippen LogP contribution < -0.4 is 5.32 Å². The molecule has 1 aliphatic heterocycles. The standard InChI is InChI=1S/C23H25FN4O/c1-16-14-28(15-22(29-16)18-7-9-19(24)10-8-18)23(25-2)27-13-21-20-6-4-3-5-17(20)11-12-26-21/h3-12,16,22H,13-15H2,1-2H3,(H,25,27). The molecule has 2 heterocycles. The summed E-state index contributed by atoms with van der Waals surface area (Å²) >= 11 is 0. The third-order valence-corrected chi connectivity index (χ3v) is 5.18. The largest absolute Gasteiger partial charge is 0.367 e. The number of aliphatic imine (C=N–C) groups is 1. The molecule has 0 aliphatic carbocycles. The Labute approximate surface area is 170 Å². The number of pyridine rings is 1. The first-order valence-corrected chi connectivity index (χ1v) is 9.83. The molecule has 1 aliphatic rings. The first kappa shape index (κ1) is 19.3. The summed E-state index contributed by atoms with van der Waals surface area (Å²) in [4.78, 5) is 11.2. The van der Waals surface area contributed by atoms with Crippen LogP contribution >= 0.6 is 0 Å². The zero-order chi connectivity index (χ0) is 20.2. The number of hydrogen-bond acceptors (Lipinski definition) is 3. The molecular weight excluding hydrogens is 367 g/mol. The van der Waals surface area contributed by atoms with Crippen LogP contribution in [0.15, 0.2) is 65.8 Å². The van der Waals surface area contributed by atoms with Crippen LogP contribution in [0.5, 0.6) is 0 Å². The number of rotatable bonds is 3. The Kier molecular flexibility index (Phi) is 5.71. The third-order valence-electron chi connectivity index (χ3n) is 5.18. The Balaban J connectivity index is 1.48. The number of aromatic nitrogens is 1. The summed E-state index contributed by atoms with van der Waals surface area (Å²) in [6, 6.07) is 16.8. The van der Waals surface area contributed by atoms with Gasteiger partial charge in [-0.3, -0.25) is 9.98 Å². The van der Waals surface area contributed by atoms with Crippen LogP contribution in [0.1, 0.15) is 24.3 Å². The second-order valence-electron chi connectivity index (χ2n) is 7.27. The van der Waals surface area contributed by atoms with Crippen LogP contribution in [0.25, 0.3) is 10.8 Å². The highest BCUT2D eigenvalue weighted by Gasteiger charge is 2.28. The van der Waals surface area contributed by atoms with Crippen molar-refractivity contribution in [3.05, 3.63) is 77.9 Å². The fraction of sp³-hybridized carbons (Fsp3) is 0.304. The van der Waals surface area contributed by atoms with Crippen molar-refractivity contribution in [2.24, 2.45) is 4.99 Å². The van der Waals surface area contributed by atoms with Gasteiger partial charge in [-0.25, -0.2) is 4.39 Å². The van der Waals surface area contributed by atoms with Gasteiger partial charge in [0.2, 0.25) is 0 Å². The molecule has 29 heavy (non-hydrogen) atoms. The number of ether oxygens (including phenoxy) is 1. The fourth-order valence-electron chi connectivity index (χ4n) is 3.80. The van der Waals surface area contributed by atoms with Crippen LogP contribution in [0.2, 0.25) is 0 Å². The summed E-state index contributed by atoms with van der Waals surface area (Å²) in [5.74, 6) is 0.566. The van der Waals surface area contributed by atoms with Crippen LogP contribution in [-0.4, -0.2) is 42.1 Å². The Morgan fingerprint density at radius 2 is 1.97 bits per heavy atom. The van der Waals surface area contributed by atoms with E-state index in [0.29, 0.717) is 13.1 Å². The lowest BCUT2D eigenvalue weighted by Gasteiger charge is -2.38. The van der Waals surface area contributed by atoms with Gasteiger partial charge >= 0.3 is 0 Å². The number of nitrogens with zero attached hydrogens (tertiary/aromatic N) is 3. The lowest BCUT2D eigenvalue weighted by molar-refractivity contribution is -0.0605. The summed E-state index contributed by atoms with van der Waals surface area (Å²) in [5.41, 5.74) is 1.95. The van der Waals surface area contributed by atoms with Gasteiger partial charge in [-0.15, -0.1) is 0 Å². The Bertz CT molecular complexity index is 1000. The topological polar surface area (TPSA) is 49.8 Å². The van der Waals surface area contributed by atoms with E-state index in [2.05, 4.69) is 32.3 Å². The normalized spacial score (nSPS) is 20.1. The molecule has 2 atom stereocenters. The van der Waals surface area contributed by atoms with Crippen molar-refractivity contribution in [3.63, 3.8) is 0 Å². The van der Waals surface area contributed by atoms with Gasteiger partial charge in [0.25, 0.3) is 0 Å². The van der Waals surface area contributed by atoms with Gasteiger partial charge in [0.15, 0.2) is 5.96 Å². The van der Waals surface area contributed by atoms with Crippen molar-refractivity contribution >= 4 is 16.7 Å². The predicted octanol–water partition coefficient (Wildman–Crippen LogP) is 3.91. The van der Waals surface area contributed by atoms with Crippen LogP contribution in [-0.2, 0) is 11.3 Å².